The van der Waals surface area contributed by atoms with Gasteiger partial charge >= 0.3 is 0 Å². The number of nitrogens with two attached hydrogens (primary N) is 1. The molecule has 1 aliphatic heterocycles. The minimum absolute atomic E-state index is 0.121. The molecule has 0 unspecified atom stereocenters. The largest absolute Gasteiger partial charge is 0.366 e. The van der Waals surface area contributed by atoms with Crippen molar-refractivity contribution in [3.8, 4) is 11.1 Å². The first kappa shape index (κ1) is 20.0. The van der Waals surface area contributed by atoms with Crippen molar-refractivity contribution in [1.29, 1.82) is 0 Å². The number of amides is 1. The maximum absolute atomic E-state index is 13.4. The lowest BCUT2D eigenvalue weighted by atomic mass is 10.00. The molecule has 34 heavy (non-hydrogen) atoms. The van der Waals surface area contributed by atoms with E-state index in [4.69, 9.17) is 5.73 Å². The normalized spacial score (nSPS) is 13.4. The zero-order valence-electron chi connectivity index (χ0n) is 18.0. The average molecular weight is 454 g/mol. The van der Waals surface area contributed by atoms with Gasteiger partial charge in [-0.2, -0.15) is 10.1 Å². The monoisotopic (exact) mass is 454 g/mol. The molecule has 0 atom stereocenters. The summed E-state index contributed by atoms with van der Waals surface area (Å²) < 4.78 is 16.5. The highest BCUT2D eigenvalue weighted by Crippen LogP contribution is 2.28. The SMILES string of the molecule is Nc1nc2cc(-c3cnc4c(c3)C(=O)N(c3cnn(Cc5ccc(F)cc5)c3)CC4)ccn2n1. The molecule has 10 heteroatoms. The smallest absolute Gasteiger partial charge is 0.260 e. The van der Waals surface area contributed by atoms with Crippen molar-refractivity contribution in [2.45, 2.75) is 13.0 Å². The van der Waals surface area contributed by atoms with Crippen LogP contribution in [0.1, 0.15) is 21.6 Å². The number of fused-ring (bicyclic) bond motifs is 2. The maximum atomic E-state index is 13.4. The van der Waals surface area contributed by atoms with Gasteiger partial charge in [-0.1, -0.05) is 12.1 Å². The third-order valence-corrected chi connectivity index (χ3v) is 5.89. The highest BCUT2D eigenvalue weighted by molar-refractivity contribution is 6.08. The molecule has 0 saturated heterocycles. The van der Waals surface area contributed by atoms with Gasteiger partial charge in [0.25, 0.3) is 5.91 Å². The van der Waals surface area contributed by atoms with Crippen LogP contribution in [-0.2, 0) is 13.0 Å². The molecule has 0 saturated carbocycles. The fraction of sp³-hybridized carbons (Fsp3) is 0.125. The minimum Gasteiger partial charge on any atom is -0.366 e. The maximum Gasteiger partial charge on any atom is 0.260 e. The second-order valence-electron chi connectivity index (χ2n) is 8.14. The summed E-state index contributed by atoms with van der Waals surface area (Å²) in [5, 5.41) is 8.47. The van der Waals surface area contributed by atoms with E-state index < -0.39 is 0 Å². The van der Waals surface area contributed by atoms with Gasteiger partial charge in [-0.3, -0.25) is 14.5 Å². The van der Waals surface area contributed by atoms with Gasteiger partial charge in [0.2, 0.25) is 5.95 Å². The number of hydrogen-bond donors (Lipinski definition) is 1. The van der Waals surface area contributed by atoms with Gasteiger partial charge in [0.05, 0.1) is 29.7 Å². The number of nitrogens with zero attached hydrogens (tertiary/aromatic N) is 7. The van der Waals surface area contributed by atoms with Gasteiger partial charge in [0.1, 0.15) is 5.82 Å². The van der Waals surface area contributed by atoms with E-state index in [1.165, 1.54) is 12.1 Å². The first-order valence-corrected chi connectivity index (χ1v) is 10.7. The number of rotatable bonds is 4. The summed E-state index contributed by atoms with van der Waals surface area (Å²) in [7, 11) is 0. The van der Waals surface area contributed by atoms with E-state index in [1.54, 1.807) is 44.8 Å². The molecule has 0 aliphatic carbocycles. The summed E-state index contributed by atoms with van der Waals surface area (Å²) in [6, 6.07) is 11.9. The number of carbonyl (C=O) groups excluding carboxylic acids is 1. The Labute approximate surface area is 193 Å². The van der Waals surface area contributed by atoms with Crippen molar-refractivity contribution in [2.75, 3.05) is 17.2 Å². The first-order valence-electron chi connectivity index (χ1n) is 10.7. The van der Waals surface area contributed by atoms with Crippen LogP contribution in [0.3, 0.4) is 0 Å². The summed E-state index contributed by atoms with van der Waals surface area (Å²) in [6.07, 6.45) is 7.69. The number of nitrogen functional groups attached to an aromatic ring is 1. The van der Waals surface area contributed by atoms with Crippen LogP contribution in [0.25, 0.3) is 16.8 Å². The van der Waals surface area contributed by atoms with Gasteiger partial charge < -0.3 is 10.6 Å². The van der Waals surface area contributed by atoms with E-state index in [0.717, 1.165) is 22.4 Å². The Morgan fingerprint density at radius 3 is 2.76 bits per heavy atom. The summed E-state index contributed by atoms with van der Waals surface area (Å²) in [4.78, 5) is 23.9. The summed E-state index contributed by atoms with van der Waals surface area (Å²) in [5.41, 5.74) is 11.0. The second kappa shape index (κ2) is 7.77. The Kier molecular flexibility index (Phi) is 4.58. The lowest BCUT2D eigenvalue weighted by Gasteiger charge is -2.27. The lowest BCUT2D eigenvalue weighted by Crippen LogP contribution is -2.38. The molecule has 0 fully saturated rings. The Balaban J connectivity index is 1.27. The van der Waals surface area contributed by atoms with E-state index in [2.05, 4.69) is 20.2 Å². The highest BCUT2D eigenvalue weighted by Gasteiger charge is 2.28. The second-order valence-corrected chi connectivity index (χ2v) is 8.14. The third-order valence-electron chi connectivity index (χ3n) is 5.89. The topological polar surface area (TPSA) is 107 Å². The molecule has 1 aromatic carbocycles. The Bertz CT molecular complexity index is 1540. The third kappa shape index (κ3) is 3.54. The number of benzene rings is 1. The predicted molar refractivity (Wildman–Crippen MR) is 124 cm³/mol. The van der Waals surface area contributed by atoms with Gasteiger partial charge in [0.15, 0.2) is 5.65 Å². The predicted octanol–water partition coefficient (Wildman–Crippen LogP) is 2.96. The standard InChI is InChI=1S/C24H19FN8O/c25-18-3-1-15(2-4-18)13-31-14-19(12-28-31)32-7-6-21-20(23(32)34)9-17(11-27-21)16-5-8-33-22(10-16)29-24(26)30-33/h1-5,8-12,14H,6-7,13H2,(H2,26,30). The quantitative estimate of drug-likeness (QED) is 0.447. The van der Waals surface area contributed by atoms with Gasteiger partial charge in [-0.25, -0.2) is 8.91 Å². The molecular weight excluding hydrogens is 435 g/mol. The van der Waals surface area contributed by atoms with E-state index >= 15 is 0 Å². The summed E-state index contributed by atoms with van der Waals surface area (Å²) >= 11 is 0. The average Bonchev–Trinajstić information content (AvgIpc) is 3.45. The molecule has 1 aliphatic rings. The number of hydrogen-bond acceptors (Lipinski definition) is 6. The lowest BCUT2D eigenvalue weighted by molar-refractivity contribution is 0.0980. The van der Waals surface area contributed by atoms with E-state index in [0.29, 0.717) is 36.4 Å². The molecule has 5 aromatic rings. The number of pyridine rings is 2. The van der Waals surface area contributed by atoms with Crippen molar-refractivity contribution in [3.63, 3.8) is 0 Å². The molecule has 5 heterocycles. The van der Waals surface area contributed by atoms with Crippen molar-refractivity contribution in [2.24, 2.45) is 0 Å². The van der Waals surface area contributed by atoms with Crippen LogP contribution in [0.2, 0.25) is 0 Å². The molecule has 4 aromatic heterocycles. The van der Waals surface area contributed by atoms with Gasteiger partial charge in [-0.15, -0.1) is 5.10 Å². The minimum atomic E-state index is -0.277. The zero-order valence-corrected chi connectivity index (χ0v) is 18.0. The van der Waals surface area contributed by atoms with Gasteiger partial charge in [-0.05, 0) is 41.5 Å². The number of aromatic nitrogens is 6. The van der Waals surface area contributed by atoms with Crippen LogP contribution in [-0.4, -0.2) is 41.8 Å². The first-order chi connectivity index (χ1) is 16.5. The molecule has 1 amide bonds. The summed E-state index contributed by atoms with van der Waals surface area (Å²) in [5.74, 6) is -0.197. The van der Waals surface area contributed by atoms with Crippen LogP contribution in [0.5, 0.6) is 0 Å². The van der Waals surface area contributed by atoms with Crippen LogP contribution >= 0.6 is 0 Å². The van der Waals surface area contributed by atoms with Crippen LogP contribution in [0, 0.1) is 5.82 Å². The number of anilines is 2. The molecular formula is C24H19FN8O. The molecule has 168 valence electrons. The van der Waals surface area contributed by atoms with Crippen molar-refractivity contribution in [3.05, 3.63) is 89.9 Å². The van der Waals surface area contributed by atoms with Gasteiger partial charge in [0, 0.05) is 37.1 Å². The van der Waals surface area contributed by atoms with Crippen LogP contribution < -0.4 is 10.6 Å². The Morgan fingerprint density at radius 2 is 1.91 bits per heavy atom. The number of halogens is 1. The van der Waals surface area contributed by atoms with E-state index in [1.807, 2.05) is 24.4 Å². The summed E-state index contributed by atoms with van der Waals surface area (Å²) in [6.45, 7) is 1.01. The highest BCUT2D eigenvalue weighted by atomic mass is 19.1. The molecule has 9 nitrogen and oxygen atoms in total. The molecule has 6 rings (SSSR count). The van der Waals surface area contributed by atoms with Crippen molar-refractivity contribution < 1.29 is 9.18 Å². The van der Waals surface area contributed by atoms with Crippen molar-refractivity contribution >= 4 is 23.2 Å². The molecule has 0 radical (unpaired) electrons. The zero-order chi connectivity index (χ0) is 23.2. The molecule has 0 bridgehead atoms. The van der Waals surface area contributed by atoms with E-state index in [-0.39, 0.29) is 17.7 Å². The number of carbonyl (C=O) groups is 1. The Hall–Kier alpha value is -4.60. The Morgan fingerprint density at radius 1 is 1.06 bits per heavy atom. The van der Waals surface area contributed by atoms with Crippen molar-refractivity contribution in [1.82, 2.24) is 29.4 Å². The molecule has 2 N–H and O–H groups in total. The van der Waals surface area contributed by atoms with Crippen LogP contribution in [0.4, 0.5) is 16.0 Å². The van der Waals surface area contributed by atoms with Crippen LogP contribution in [0.15, 0.2) is 67.3 Å². The van der Waals surface area contributed by atoms with E-state index in [9.17, 15) is 9.18 Å². The fourth-order valence-corrected chi connectivity index (χ4v) is 4.18. The molecule has 0 spiro atoms. The fourth-order valence-electron chi connectivity index (χ4n) is 4.18.